The second-order valence-electron chi connectivity index (χ2n) is 12.4. The van der Waals surface area contributed by atoms with E-state index in [0.29, 0.717) is 29.7 Å². The van der Waals surface area contributed by atoms with E-state index >= 15 is 0 Å². The summed E-state index contributed by atoms with van der Waals surface area (Å²) in [7, 11) is 2.14. The van der Waals surface area contributed by atoms with Gasteiger partial charge in [0, 0.05) is 53.6 Å². The second kappa shape index (κ2) is 12.4. The summed E-state index contributed by atoms with van der Waals surface area (Å²) >= 11 is 0. The molecular weight excluding hydrogens is 598 g/mol. The van der Waals surface area contributed by atoms with E-state index in [1.807, 2.05) is 18.2 Å². The first kappa shape index (κ1) is 30.3. The standard InChI is InChI=1S/C35H35N7O5/c1-41-16-4-8-27(41)26-17-22-19-37-29(18-25(22)38-26)39-32(44)21-11-9-20(10-12-21)5-3-15-36-24-7-2-6-23-31(24)35(47)42(34(23)46)28-13-14-30(43)40-33(28)45/h2,6-7,9-12,17-19,27-28,36,38H,3-5,8,13-16H2,1H3,(H,37,39,44)(H,40,43,45)/t27-,28?/m1/s1. The van der Waals surface area contributed by atoms with Gasteiger partial charge < -0.3 is 15.6 Å². The molecule has 0 radical (unpaired) electrons. The van der Waals surface area contributed by atoms with Crippen molar-refractivity contribution in [2.24, 2.45) is 0 Å². The molecule has 240 valence electrons. The molecule has 47 heavy (non-hydrogen) atoms. The molecule has 0 saturated carbocycles. The minimum atomic E-state index is -1.01. The number of rotatable bonds is 9. The molecule has 2 fully saturated rings. The lowest BCUT2D eigenvalue weighted by molar-refractivity contribution is -0.136. The number of aryl methyl sites for hydroxylation is 1. The Bertz CT molecular complexity index is 1920. The van der Waals surface area contributed by atoms with Gasteiger partial charge in [-0.2, -0.15) is 0 Å². The maximum atomic E-state index is 13.3. The van der Waals surface area contributed by atoms with Crippen molar-refractivity contribution in [3.05, 3.63) is 88.7 Å². The van der Waals surface area contributed by atoms with Gasteiger partial charge in [0.2, 0.25) is 11.8 Å². The van der Waals surface area contributed by atoms with Gasteiger partial charge in [-0.15, -0.1) is 0 Å². The van der Waals surface area contributed by atoms with Crippen molar-refractivity contribution >= 4 is 51.9 Å². The summed E-state index contributed by atoms with van der Waals surface area (Å²) in [5, 5.41) is 9.40. The van der Waals surface area contributed by atoms with Crippen LogP contribution in [0.25, 0.3) is 10.9 Å². The summed E-state index contributed by atoms with van der Waals surface area (Å²) in [4.78, 5) is 74.5. The molecule has 2 aromatic carbocycles. The van der Waals surface area contributed by atoms with Crippen molar-refractivity contribution in [2.45, 2.75) is 50.6 Å². The molecule has 12 nitrogen and oxygen atoms in total. The summed E-state index contributed by atoms with van der Waals surface area (Å²) in [5.74, 6) is -1.87. The third-order valence-corrected chi connectivity index (χ3v) is 9.29. The van der Waals surface area contributed by atoms with Crippen molar-refractivity contribution in [3.63, 3.8) is 0 Å². The Morgan fingerprint density at radius 3 is 2.60 bits per heavy atom. The van der Waals surface area contributed by atoms with Gasteiger partial charge in [-0.3, -0.25) is 39.1 Å². The Balaban J connectivity index is 0.928. The summed E-state index contributed by atoms with van der Waals surface area (Å²) in [6.45, 7) is 1.62. The molecule has 1 unspecified atom stereocenters. The van der Waals surface area contributed by atoms with Crippen LogP contribution in [0.5, 0.6) is 0 Å². The minimum absolute atomic E-state index is 0.0708. The third kappa shape index (κ3) is 5.87. The highest BCUT2D eigenvalue weighted by atomic mass is 16.2. The van der Waals surface area contributed by atoms with Crippen LogP contribution >= 0.6 is 0 Å². The number of imide groups is 2. The summed E-state index contributed by atoms with van der Waals surface area (Å²) in [6, 6.07) is 15.8. The molecule has 5 amide bonds. The van der Waals surface area contributed by atoms with Gasteiger partial charge in [0.25, 0.3) is 17.7 Å². The Morgan fingerprint density at radius 2 is 1.83 bits per heavy atom. The highest BCUT2D eigenvalue weighted by molar-refractivity contribution is 6.25. The van der Waals surface area contributed by atoms with E-state index in [1.165, 1.54) is 12.1 Å². The van der Waals surface area contributed by atoms with E-state index in [1.54, 1.807) is 36.5 Å². The molecule has 3 aliphatic heterocycles. The van der Waals surface area contributed by atoms with Crippen LogP contribution in [0.2, 0.25) is 0 Å². The van der Waals surface area contributed by atoms with E-state index in [0.717, 1.165) is 47.2 Å². The lowest BCUT2D eigenvalue weighted by Gasteiger charge is -2.27. The Kier molecular flexibility index (Phi) is 8.02. The molecule has 7 rings (SSSR count). The molecule has 0 aliphatic carbocycles. The van der Waals surface area contributed by atoms with Crippen molar-refractivity contribution in [1.82, 2.24) is 25.1 Å². The average molecular weight is 634 g/mol. The molecule has 0 spiro atoms. The first-order valence-corrected chi connectivity index (χ1v) is 15.9. The van der Waals surface area contributed by atoms with Crippen molar-refractivity contribution in [2.75, 3.05) is 30.8 Å². The zero-order valence-electron chi connectivity index (χ0n) is 26.0. The summed E-state index contributed by atoms with van der Waals surface area (Å²) in [5.41, 5.74) is 4.69. The molecular formula is C35H35N7O5. The van der Waals surface area contributed by atoms with Crippen LogP contribution in [0.3, 0.4) is 0 Å². The van der Waals surface area contributed by atoms with Crippen molar-refractivity contribution in [1.29, 1.82) is 0 Å². The predicted octanol–water partition coefficient (Wildman–Crippen LogP) is 4.03. The maximum absolute atomic E-state index is 13.3. The number of nitrogens with one attached hydrogen (secondary N) is 4. The third-order valence-electron chi connectivity index (χ3n) is 9.29. The number of fused-ring (bicyclic) bond motifs is 2. The molecule has 12 heteroatoms. The number of aromatic amines is 1. The molecule has 5 heterocycles. The lowest BCUT2D eigenvalue weighted by atomic mass is 10.0. The first-order chi connectivity index (χ1) is 22.8. The number of piperidine rings is 1. The number of hydrogen-bond acceptors (Lipinski definition) is 8. The molecule has 2 aromatic heterocycles. The molecule has 2 saturated heterocycles. The number of hydrogen-bond donors (Lipinski definition) is 4. The van der Waals surface area contributed by atoms with Gasteiger partial charge in [0.1, 0.15) is 11.9 Å². The summed E-state index contributed by atoms with van der Waals surface area (Å²) in [6.07, 6.45) is 5.72. The van der Waals surface area contributed by atoms with Crippen molar-refractivity contribution < 1.29 is 24.0 Å². The molecule has 3 aliphatic rings. The quantitative estimate of drug-likeness (QED) is 0.159. The number of anilines is 2. The molecule has 0 bridgehead atoms. The number of pyridine rings is 1. The number of carbonyl (C=O) groups is 5. The van der Waals surface area contributed by atoms with Gasteiger partial charge in [-0.1, -0.05) is 18.2 Å². The monoisotopic (exact) mass is 633 g/mol. The molecule has 4 aromatic rings. The molecule has 4 N–H and O–H groups in total. The fourth-order valence-corrected chi connectivity index (χ4v) is 6.79. The van der Waals surface area contributed by atoms with Crippen molar-refractivity contribution in [3.8, 4) is 0 Å². The van der Waals surface area contributed by atoms with Gasteiger partial charge in [-0.25, -0.2) is 4.98 Å². The topological polar surface area (TPSA) is 157 Å². The minimum Gasteiger partial charge on any atom is -0.384 e. The SMILES string of the molecule is CN1CCC[C@@H]1c1cc2cnc(NC(=O)c3ccc(CCCNc4cccc5c4C(=O)N(C4CCC(=O)NC4=O)C5=O)cc3)cc2[nH]1. The maximum Gasteiger partial charge on any atom is 0.264 e. The Labute approximate surface area is 270 Å². The second-order valence-corrected chi connectivity index (χ2v) is 12.4. The number of H-pyrrole nitrogens is 1. The van der Waals surface area contributed by atoms with E-state index < -0.39 is 29.7 Å². The van der Waals surface area contributed by atoms with Gasteiger partial charge in [0.15, 0.2) is 0 Å². The largest absolute Gasteiger partial charge is 0.384 e. The van der Waals surface area contributed by atoms with Crippen LogP contribution in [0, 0.1) is 0 Å². The van der Waals surface area contributed by atoms with Crippen LogP contribution in [-0.2, 0) is 16.0 Å². The number of amides is 5. The Hall–Kier alpha value is -5.36. The van der Waals surface area contributed by atoms with Gasteiger partial charge in [-0.05, 0) is 81.6 Å². The number of benzene rings is 2. The number of carbonyl (C=O) groups excluding carboxylic acids is 5. The normalized spacial score (nSPS) is 19.7. The van der Waals surface area contributed by atoms with E-state index in [9.17, 15) is 24.0 Å². The van der Waals surface area contributed by atoms with E-state index in [4.69, 9.17) is 0 Å². The first-order valence-electron chi connectivity index (χ1n) is 15.9. The smallest absolute Gasteiger partial charge is 0.264 e. The van der Waals surface area contributed by atoms with Gasteiger partial charge >= 0.3 is 0 Å². The lowest BCUT2D eigenvalue weighted by Crippen LogP contribution is -2.54. The van der Waals surface area contributed by atoms with E-state index in [-0.39, 0.29) is 29.9 Å². The van der Waals surface area contributed by atoms with E-state index in [2.05, 4.69) is 43.9 Å². The number of likely N-dealkylation sites (tertiary alicyclic amines) is 1. The summed E-state index contributed by atoms with van der Waals surface area (Å²) < 4.78 is 0. The fraction of sp³-hybridized carbons (Fsp3) is 0.314. The highest BCUT2D eigenvalue weighted by Gasteiger charge is 2.45. The van der Waals surface area contributed by atoms with Crippen LogP contribution in [-0.4, -0.2) is 75.5 Å². The van der Waals surface area contributed by atoms with Crippen LogP contribution < -0.4 is 16.0 Å². The van der Waals surface area contributed by atoms with Gasteiger partial charge in [0.05, 0.1) is 16.6 Å². The van der Waals surface area contributed by atoms with Crippen LogP contribution in [0.4, 0.5) is 11.5 Å². The average Bonchev–Trinajstić information content (AvgIpc) is 3.75. The molecule has 2 atom stereocenters. The zero-order valence-corrected chi connectivity index (χ0v) is 26.0. The number of nitrogens with zero attached hydrogens (tertiary/aromatic N) is 3. The van der Waals surface area contributed by atoms with Crippen LogP contribution in [0.15, 0.2) is 60.8 Å². The zero-order chi connectivity index (χ0) is 32.7. The van der Waals surface area contributed by atoms with Crippen LogP contribution in [0.1, 0.15) is 80.5 Å². The highest BCUT2D eigenvalue weighted by Crippen LogP contribution is 2.33. The fourth-order valence-electron chi connectivity index (χ4n) is 6.79. The number of aromatic nitrogens is 2. The predicted molar refractivity (Wildman–Crippen MR) is 175 cm³/mol. The Morgan fingerprint density at radius 1 is 1.00 bits per heavy atom.